The third-order valence-electron chi connectivity index (χ3n) is 4.23. The lowest BCUT2D eigenvalue weighted by Gasteiger charge is -2.22. The van der Waals surface area contributed by atoms with Crippen LogP contribution in [0.25, 0.3) is 0 Å². The highest BCUT2D eigenvalue weighted by molar-refractivity contribution is 5.94. The number of rotatable bonds is 10. The molecule has 0 saturated heterocycles. The summed E-state index contributed by atoms with van der Waals surface area (Å²) in [7, 11) is 1.46. The zero-order valence-corrected chi connectivity index (χ0v) is 18.2. The molecule has 0 spiro atoms. The molecule has 0 saturated carbocycles. The first-order valence-electron chi connectivity index (χ1n) is 9.90. The number of nitriles is 1. The van der Waals surface area contributed by atoms with Crippen LogP contribution >= 0.6 is 0 Å². The van der Waals surface area contributed by atoms with Crippen molar-refractivity contribution >= 4 is 17.8 Å². The fraction of sp³-hybridized carbons (Fsp3) is 0.304. The summed E-state index contributed by atoms with van der Waals surface area (Å²) in [6, 6.07) is 13.5. The quantitative estimate of drug-likeness (QED) is 0.445. The molecule has 0 heterocycles. The van der Waals surface area contributed by atoms with Crippen LogP contribution in [-0.4, -0.2) is 49.7 Å². The molecule has 0 aliphatic heterocycles. The zero-order chi connectivity index (χ0) is 23.5. The molecule has 0 aliphatic rings. The minimum atomic E-state index is -0.516. The Morgan fingerprint density at radius 1 is 1.09 bits per heavy atom. The number of amides is 2. The molecule has 1 N–H and O–H groups in total. The average Bonchev–Trinajstić information content (AvgIpc) is 2.80. The summed E-state index contributed by atoms with van der Waals surface area (Å²) in [5, 5.41) is 12.5. The first-order chi connectivity index (χ1) is 15.4. The van der Waals surface area contributed by atoms with Gasteiger partial charge in [-0.25, -0.2) is 9.86 Å². The van der Waals surface area contributed by atoms with Crippen LogP contribution in [0.3, 0.4) is 0 Å². The summed E-state index contributed by atoms with van der Waals surface area (Å²) in [6.45, 7) is 3.14. The molecule has 2 amide bonds. The molecule has 0 radical (unpaired) electrons. The molecule has 0 aliphatic carbocycles. The van der Waals surface area contributed by atoms with Gasteiger partial charge in [0.15, 0.2) is 13.2 Å². The Balaban J connectivity index is 2.23. The minimum Gasteiger partial charge on any atom is -0.482 e. The Bertz CT molecular complexity index is 998. The normalized spacial score (nSPS) is 10.1. The van der Waals surface area contributed by atoms with E-state index >= 15 is 0 Å². The smallest absolute Gasteiger partial charge is 0.344 e. The van der Waals surface area contributed by atoms with Gasteiger partial charge in [-0.1, -0.05) is 12.1 Å². The van der Waals surface area contributed by atoms with Crippen molar-refractivity contribution in [2.45, 2.75) is 20.4 Å². The van der Waals surface area contributed by atoms with Crippen LogP contribution in [0.2, 0.25) is 0 Å². The second-order valence-electron chi connectivity index (χ2n) is 6.73. The molecule has 9 nitrogen and oxygen atoms in total. The predicted molar refractivity (Wildman–Crippen MR) is 114 cm³/mol. The van der Waals surface area contributed by atoms with Gasteiger partial charge in [0.05, 0.1) is 24.8 Å². The van der Waals surface area contributed by atoms with E-state index in [-0.39, 0.29) is 31.9 Å². The summed E-state index contributed by atoms with van der Waals surface area (Å²) in [5.74, 6) is -1.09. The number of esters is 1. The largest absolute Gasteiger partial charge is 0.482 e. The van der Waals surface area contributed by atoms with Gasteiger partial charge in [0.2, 0.25) is 5.91 Å². The number of hydrogen-bond donors (Lipinski definition) is 1. The summed E-state index contributed by atoms with van der Waals surface area (Å²) >= 11 is 0. The average molecular weight is 439 g/mol. The maximum atomic E-state index is 13.2. The summed E-state index contributed by atoms with van der Waals surface area (Å²) in [4.78, 5) is 41.9. The fourth-order valence-corrected chi connectivity index (χ4v) is 2.68. The molecule has 9 heteroatoms. The highest BCUT2D eigenvalue weighted by Gasteiger charge is 2.20. The lowest BCUT2D eigenvalue weighted by molar-refractivity contribution is -0.153. The summed E-state index contributed by atoms with van der Waals surface area (Å²) in [6.07, 6.45) is 0. The summed E-state index contributed by atoms with van der Waals surface area (Å²) < 4.78 is 10.3. The molecule has 2 rings (SSSR count). The lowest BCUT2D eigenvalue weighted by atomic mass is 10.1. The number of ether oxygens (including phenoxy) is 2. The van der Waals surface area contributed by atoms with Gasteiger partial charge >= 0.3 is 5.97 Å². The van der Waals surface area contributed by atoms with Crippen molar-refractivity contribution in [1.29, 1.82) is 5.26 Å². The third-order valence-corrected chi connectivity index (χ3v) is 4.23. The van der Waals surface area contributed by atoms with Gasteiger partial charge in [-0.05, 0) is 55.3 Å². The van der Waals surface area contributed by atoms with Gasteiger partial charge in [0.25, 0.3) is 5.91 Å². The number of likely N-dealkylation sites (N-methyl/N-ethyl adjacent to an activating group) is 1. The first kappa shape index (κ1) is 24.4. The number of carbonyl (C=O) groups is 3. The minimum absolute atomic E-state index is 0.0501. The van der Waals surface area contributed by atoms with Crippen LogP contribution < -0.4 is 10.1 Å². The Hall–Kier alpha value is -3.90. The van der Waals surface area contributed by atoms with E-state index in [1.807, 2.05) is 6.07 Å². The topological polar surface area (TPSA) is 118 Å². The molecule has 0 aromatic heterocycles. The maximum Gasteiger partial charge on any atom is 0.344 e. The second kappa shape index (κ2) is 12.1. The standard InChI is InChI=1S/C23H25N3O6/c1-4-30-22(28)15-31-20-10-16(2)9-19(11-20)23(29)26(32-14-21(27)25-3)13-18-7-5-17(12-24)6-8-18/h5-11H,4,13-15H2,1-3H3,(H,25,27). The zero-order valence-electron chi connectivity index (χ0n) is 18.2. The van der Waals surface area contributed by atoms with Crippen molar-refractivity contribution in [3.63, 3.8) is 0 Å². The maximum absolute atomic E-state index is 13.2. The summed E-state index contributed by atoms with van der Waals surface area (Å²) in [5.41, 5.74) is 2.19. The molecule has 0 atom stereocenters. The highest BCUT2D eigenvalue weighted by Crippen LogP contribution is 2.20. The number of nitrogens with one attached hydrogen (secondary N) is 1. The van der Waals surface area contributed by atoms with Crippen molar-refractivity contribution in [1.82, 2.24) is 10.4 Å². The van der Waals surface area contributed by atoms with Crippen LogP contribution in [0.1, 0.15) is 34.0 Å². The van der Waals surface area contributed by atoms with Crippen LogP contribution in [0.15, 0.2) is 42.5 Å². The number of carbonyl (C=O) groups excluding carboxylic acids is 3. The van der Waals surface area contributed by atoms with Crippen LogP contribution in [0.4, 0.5) is 0 Å². The molecule has 2 aromatic carbocycles. The van der Waals surface area contributed by atoms with Gasteiger partial charge in [-0.15, -0.1) is 0 Å². The SMILES string of the molecule is CCOC(=O)COc1cc(C)cc(C(=O)N(Cc2ccc(C#N)cc2)OCC(=O)NC)c1. The molecular weight excluding hydrogens is 414 g/mol. The first-order valence-corrected chi connectivity index (χ1v) is 9.90. The molecule has 32 heavy (non-hydrogen) atoms. The van der Waals surface area contributed by atoms with Crippen molar-refractivity contribution in [2.24, 2.45) is 0 Å². The molecule has 2 aromatic rings. The third kappa shape index (κ3) is 7.41. The fourth-order valence-electron chi connectivity index (χ4n) is 2.68. The second-order valence-corrected chi connectivity index (χ2v) is 6.73. The molecule has 0 bridgehead atoms. The molecule has 168 valence electrons. The molecule has 0 unspecified atom stereocenters. The van der Waals surface area contributed by atoms with Crippen molar-refractivity contribution < 1.29 is 28.7 Å². The van der Waals surface area contributed by atoms with Crippen molar-refractivity contribution in [2.75, 3.05) is 26.9 Å². The molecular formula is C23H25N3O6. The number of hydrogen-bond acceptors (Lipinski definition) is 7. The van der Waals surface area contributed by atoms with Crippen molar-refractivity contribution in [3.05, 3.63) is 64.7 Å². The van der Waals surface area contributed by atoms with E-state index in [2.05, 4.69) is 5.32 Å². The van der Waals surface area contributed by atoms with Crippen LogP contribution in [0, 0.1) is 18.3 Å². The van der Waals surface area contributed by atoms with Crippen LogP contribution in [0.5, 0.6) is 5.75 Å². The number of benzene rings is 2. The van der Waals surface area contributed by atoms with E-state index in [1.54, 1.807) is 50.2 Å². The van der Waals surface area contributed by atoms with Crippen molar-refractivity contribution in [3.8, 4) is 11.8 Å². The van der Waals surface area contributed by atoms with E-state index < -0.39 is 17.8 Å². The Morgan fingerprint density at radius 2 is 1.81 bits per heavy atom. The van der Waals surface area contributed by atoms with Crippen LogP contribution in [-0.2, 0) is 25.7 Å². The predicted octanol–water partition coefficient (Wildman–Crippen LogP) is 2.13. The van der Waals surface area contributed by atoms with E-state index in [1.165, 1.54) is 13.1 Å². The monoisotopic (exact) mass is 439 g/mol. The number of nitrogens with zero attached hydrogens (tertiary/aromatic N) is 2. The van der Waals surface area contributed by atoms with E-state index in [4.69, 9.17) is 19.6 Å². The Labute approximate surface area is 186 Å². The lowest BCUT2D eigenvalue weighted by Crippen LogP contribution is -2.35. The molecule has 0 fully saturated rings. The van der Waals surface area contributed by atoms with Gasteiger partial charge in [0, 0.05) is 12.6 Å². The van der Waals surface area contributed by atoms with Gasteiger partial charge in [-0.3, -0.25) is 14.4 Å². The van der Waals surface area contributed by atoms with E-state index in [0.29, 0.717) is 16.9 Å². The van der Waals surface area contributed by atoms with E-state index in [9.17, 15) is 14.4 Å². The number of hydroxylamine groups is 2. The Morgan fingerprint density at radius 3 is 2.44 bits per heavy atom. The van der Waals surface area contributed by atoms with Gasteiger partial charge in [-0.2, -0.15) is 5.26 Å². The highest BCUT2D eigenvalue weighted by atomic mass is 16.7. The van der Waals surface area contributed by atoms with E-state index in [0.717, 1.165) is 10.6 Å². The van der Waals surface area contributed by atoms with Gasteiger partial charge < -0.3 is 14.8 Å². The number of aryl methyl sites for hydroxylation is 1. The Kier molecular flexibility index (Phi) is 9.20. The van der Waals surface area contributed by atoms with Gasteiger partial charge in [0.1, 0.15) is 5.75 Å².